The lowest BCUT2D eigenvalue weighted by molar-refractivity contribution is -0.121. The number of hydrogen-bond acceptors (Lipinski definition) is 4. The van der Waals surface area contributed by atoms with E-state index < -0.39 is 5.97 Å². The number of amides is 1. The van der Waals surface area contributed by atoms with Gasteiger partial charge in [0.15, 0.2) is 11.3 Å². The van der Waals surface area contributed by atoms with Gasteiger partial charge in [0, 0.05) is 11.8 Å². The van der Waals surface area contributed by atoms with Crippen LogP contribution in [0.2, 0.25) is 0 Å². The summed E-state index contributed by atoms with van der Waals surface area (Å²) in [5.74, 6) is 0.159. The van der Waals surface area contributed by atoms with Crippen LogP contribution < -0.4 is 10.1 Å². The molecule has 1 unspecified atom stereocenters. The first kappa shape index (κ1) is 19.5. The highest BCUT2D eigenvalue weighted by Crippen LogP contribution is 2.31. The molecule has 3 rings (SSSR count). The van der Waals surface area contributed by atoms with E-state index in [-0.39, 0.29) is 23.9 Å². The number of para-hydroxylation sites is 1. The van der Waals surface area contributed by atoms with Gasteiger partial charge in [-0.1, -0.05) is 30.3 Å². The largest absolute Gasteiger partial charge is 0.490 e. The summed E-state index contributed by atoms with van der Waals surface area (Å²) in [7, 11) is 0. The van der Waals surface area contributed by atoms with Gasteiger partial charge < -0.3 is 19.6 Å². The van der Waals surface area contributed by atoms with Crippen molar-refractivity contribution in [3.8, 4) is 5.75 Å². The van der Waals surface area contributed by atoms with Crippen molar-refractivity contribution in [2.24, 2.45) is 0 Å². The SMILES string of the molecule is CCOc1cccc2cc(C(C)NC(=O)CCc3ccccc3C(=O)O)oc12. The van der Waals surface area contributed by atoms with Crippen molar-refractivity contribution in [3.63, 3.8) is 0 Å². The number of aromatic carboxylic acids is 1. The average Bonchev–Trinajstić information content (AvgIpc) is 3.12. The highest BCUT2D eigenvalue weighted by atomic mass is 16.5. The topological polar surface area (TPSA) is 88.8 Å². The highest BCUT2D eigenvalue weighted by molar-refractivity contribution is 5.89. The maximum absolute atomic E-state index is 12.3. The molecule has 0 spiro atoms. The van der Waals surface area contributed by atoms with Gasteiger partial charge >= 0.3 is 5.97 Å². The van der Waals surface area contributed by atoms with E-state index in [1.807, 2.05) is 38.1 Å². The van der Waals surface area contributed by atoms with E-state index in [0.29, 0.717) is 35.7 Å². The van der Waals surface area contributed by atoms with Gasteiger partial charge in [-0.25, -0.2) is 4.79 Å². The quantitative estimate of drug-likeness (QED) is 0.606. The molecule has 0 radical (unpaired) electrons. The van der Waals surface area contributed by atoms with E-state index >= 15 is 0 Å². The summed E-state index contributed by atoms with van der Waals surface area (Å²) in [6, 6.07) is 14.0. The standard InChI is InChI=1S/C22H23NO5/c1-3-27-18-10-6-8-16-13-19(28-21(16)18)14(2)23-20(24)12-11-15-7-4-5-9-17(15)22(25)26/h4-10,13-14H,3,11-12H2,1-2H3,(H,23,24)(H,25,26). The average molecular weight is 381 g/mol. The van der Waals surface area contributed by atoms with Gasteiger partial charge in [0.05, 0.1) is 18.2 Å². The molecular weight excluding hydrogens is 358 g/mol. The van der Waals surface area contributed by atoms with Crippen molar-refractivity contribution in [2.75, 3.05) is 6.61 Å². The third-order valence-corrected chi connectivity index (χ3v) is 4.50. The van der Waals surface area contributed by atoms with Crippen molar-refractivity contribution in [1.29, 1.82) is 0 Å². The number of rotatable bonds is 8. The molecule has 1 atom stereocenters. The number of carbonyl (C=O) groups excluding carboxylic acids is 1. The van der Waals surface area contributed by atoms with Crippen molar-refractivity contribution in [1.82, 2.24) is 5.32 Å². The van der Waals surface area contributed by atoms with Crippen LogP contribution >= 0.6 is 0 Å². The Kier molecular flexibility index (Phi) is 5.99. The van der Waals surface area contributed by atoms with Crippen molar-refractivity contribution < 1.29 is 23.8 Å². The van der Waals surface area contributed by atoms with E-state index in [0.717, 1.165) is 5.39 Å². The number of furan rings is 1. The highest BCUT2D eigenvalue weighted by Gasteiger charge is 2.17. The van der Waals surface area contributed by atoms with Crippen LogP contribution in [0.3, 0.4) is 0 Å². The van der Waals surface area contributed by atoms with Crippen molar-refractivity contribution >= 4 is 22.8 Å². The van der Waals surface area contributed by atoms with Crippen LogP contribution in [-0.2, 0) is 11.2 Å². The number of fused-ring (bicyclic) bond motifs is 1. The Labute approximate surface area is 163 Å². The van der Waals surface area contributed by atoms with Gasteiger partial charge in [0.25, 0.3) is 0 Å². The molecule has 2 N–H and O–H groups in total. The lowest BCUT2D eigenvalue weighted by atomic mass is 10.0. The second-order valence-corrected chi connectivity index (χ2v) is 6.51. The maximum Gasteiger partial charge on any atom is 0.335 e. The molecular formula is C22H23NO5. The minimum Gasteiger partial charge on any atom is -0.490 e. The lowest BCUT2D eigenvalue weighted by Crippen LogP contribution is -2.26. The Balaban J connectivity index is 1.65. The Hall–Kier alpha value is -3.28. The van der Waals surface area contributed by atoms with Crippen molar-refractivity contribution in [2.45, 2.75) is 32.7 Å². The first-order valence-corrected chi connectivity index (χ1v) is 9.25. The number of hydrogen-bond donors (Lipinski definition) is 2. The number of nitrogens with one attached hydrogen (secondary N) is 1. The number of benzene rings is 2. The van der Waals surface area contributed by atoms with Gasteiger partial charge in [-0.15, -0.1) is 0 Å². The van der Waals surface area contributed by atoms with Crippen LogP contribution in [-0.4, -0.2) is 23.6 Å². The van der Waals surface area contributed by atoms with E-state index in [2.05, 4.69) is 5.32 Å². The molecule has 1 aromatic heterocycles. The number of ether oxygens (including phenoxy) is 1. The molecule has 146 valence electrons. The summed E-state index contributed by atoms with van der Waals surface area (Å²) < 4.78 is 11.5. The van der Waals surface area contributed by atoms with Gasteiger partial charge in [-0.3, -0.25) is 4.79 Å². The van der Waals surface area contributed by atoms with Gasteiger partial charge in [-0.2, -0.15) is 0 Å². The molecule has 6 heteroatoms. The molecule has 0 saturated carbocycles. The summed E-state index contributed by atoms with van der Waals surface area (Å²) in [5.41, 5.74) is 1.53. The van der Waals surface area contributed by atoms with E-state index in [1.165, 1.54) is 0 Å². The van der Waals surface area contributed by atoms with Gasteiger partial charge in [-0.05, 0) is 44.0 Å². The minimum atomic E-state index is -0.989. The zero-order valence-corrected chi connectivity index (χ0v) is 15.9. The minimum absolute atomic E-state index is 0.168. The van der Waals surface area contributed by atoms with Crippen LogP contribution in [0.5, 0.6) is 5.75 Å². The van der Waals surface area contributed by atoms with Gasteiger partial charge in [0.1, 0.15) is 5.76 Å². The molecule has 0 aliphatic rings. The number of aryl methyl sites for hydroxylation is 1. The fourth-order valence-electron chi connectivity index (χ4n) is 3.12. The number of carbonyl (C=O) groups is 2. The number of carboxylic acids is 1. The molecule has 1 heterocycles. The molecule has 0 fully saturated rings. The third-order valence-electron chi connectivity index (χ3n) is 4.50. The molecule has 2 aromatic carbocycles. The lowest BCUT2D eigenvalue weighted by Gasteiger charge is -2.12. The van der Waals surface area contributed by atoms with Crippen LogP contribution in [0.15, 0.2) is 52.9 Å². The van der Waals surface area contributed by atoms with Crippen LogP contribution in [0, 0.1) is 0 Å². The second kappa shape index (κ2) is 8.61. The first-order chi connectivity index (χ1) is 13.5. The maximum atomic E-state index is 12.3. The molecule has 0 aliphatic heterocycles. The second-order valence-electron chi connectivity index (χ2n) is 6.51. The molecule has 6 nitrogen and oxygen atoms in total. The summed E-state index contributed by atoms with van der Waals surface area (Å²) in [6.07, 6.45) is 0.550. The van der Waals surface area contributed by atoms with Crippen LogP contribution in [0.25, 0.3) is 11.0 Å². The fraction of sp³-hybridized carbons (Fsp3) is 0.273. The Morgan fingerprint density at radius 2 is 1.96 bits per heavy atom. The van der Waals surface area contributed by atoms with Crippen molar-refractivity contribution in [3.05, 3.63) is 65.4 Å². The fourth-order valence-corrected chi connectivity index (χ4v) is 3.12. The predicted octanol–water partition coefficient (Wildman–Crippen LogP) is 4.34. The molecule has 0 aliphatic carbocycles. The monoisotopic (exact) mass is 381 g/mol. The third kappa shape index (κ3) is 4.34. The normalized spacial score (nSPS) is 11.9. The Bertz CT molecular complexity index is 992. The molecule has 0 saturated heterocycles. The smallest absolute Gasteiger partial charge is 0.335 e. The van der Waals surface area contributed by atoms with E-state index in [9.17, 15) is 14.7 Å². The van der Waals surface area contributed by atoms with E-state index in [1.54, 1.807) is 24.3 Å². The first-order valence-electron chi connectivity index (χ1n) is 9.25. The molecule has 1 amide bonds. The van der Waals surface area contributed by atoms with E-state index in [4.69, 9.17) is 9.15 Å². The Morgan fingerprint density at radius 1 is 1.18 bits per heavy atom. The summed E-state index contributed by atoms with van der Waals surface area (Å²) in [5, 5.41) is 13.1. The summed E-state index contributed by atoms with van der Waals surface area (Å²) in [4.78, 5) is 23.6. The predicted molar refractivity (Wildman–Crippen MR) is 106 cm³/mol. The summed E-state index contributed by atoms with van der Waals surface area (Å²) >= 11 is 0. The van der Waals surface area contributed by atoms with Crippen LogP contribution in [0.4, 0.5) is 0 Å². The summed E-state index contributed by atoms with van der Waals surface area (Å²) in [6.45, 7) is 4.30. The van der Waals surface area contributed by atoms with Crippen LogP contribution in [0.1, 0.15) is 48.0 Å². The number of carboxylic acid groups (broad SMARTS) is 1. The Morgan fingerprint density at radius 3 is 2.71 bits per heavy atom. The molecule has 0 bridgehead atoms. The molecule has 3 aromatic rings. The molecule has 28 heavy (non-hydrogen) atoms. The van der Waals surface area contributed by atoms with Gasteiger partial charge in [0.2, 0.25) is 5.91 Å². The zero-order valence-electron chi connectivity index (χ0n) is 15.9. The zero-order chi connectivity index (χ0) is 20.1.